The standard InChI is InChI=1S/C28H32FN5O5/c29-17-1-4-19-16(11-17)13-21(32-19)27(39)34-10-8-28(6-7-28)14-22(34)25(37)33-20(12-15-5-9-30-24(15)36)23(35)26(38)31-18-2-3-18/h1,4,11,13,15,18,20,22,32H,2-3,5-10,12,14H2,(H,30,36)(H,31,38)(H,33,37)/t15-,20-,22-/m0/s1. The van der Waals surface area contributed by atoms with Crippen molar-refractivity contribution in [1.29, 1.82) is 0 Å². The maximum absolute atomic E-state index is 13.8. The second-order valence-corrected chi connectivity index (χ2v) is 11.6. The molecule has 0 bridgehead atoms. The number of ketones is 1. The lowest BCUT2D eigenvalue weighted by molar-refractivity contribution is -0.141. The molecule has 4 amide bonds. The van der Waals surface area contributed by atoms with Crippen LogP contribution in [-0.2, 0) is 19.2 Å². The van der Waals surface area contributed by atoms with Gasteiger partial charge in [0, 0.05) is 36.0 Å². The molecule has 0 unspecified atom stereocenters. The first kappa shape index (κ1) is 25.5. The number of piperidine rings is 1. The van der Waals surface area contributed by atoms with Crippen LogP contribution in [0.15, 0.2) is 24.3 Å². The van der Waals surface area contributed by atoms with Crippen LogP contribution in [0, 0.1) is 17.2 Å². The second-order valence-electron chi connectivity index (χ2n) is 11.6. The van der Waals surface area contributed by atoms with E-state index in [1.54, 1.807) is 12.1 Å². The lowest BCUT2D eigenvalue weighted by Crippen LogP contribution is -2.58. The third kappa shape index (κ3) is 5.26. The summed E-state index contributed by atoms with van der Waals surface area (Å²) in [7, 11) is 0. The quantitative estimate of drug-likeness (QED) is 0.378. The maximum atomic E-state index is 13.8. The number of benzene rings is 1. The molecule has 1 spiro atoms. The number of carbonyl (C=O) groups is 5. The zero-order valence-electron chi connectivity index (χ0n) is 21.6. The smallest absolute Gasteiger partial charge is 0.289 e. The molecule has 0 radical (unpaired) electrons. The number of fused-ring (bicyclic) bond motifs is 1. The molecule has 2 saturated heterocycles. The molecular weight excluding hydrogens is 505 g/mol. The van der Waals surface area contributed by atoms with Crippen molar-refractivity contribution < 1.29 is 28.4 Å². The number of Topliss-reactive ketones (excluding diaryl/α,β-unsaturated/α-hetero) is 1. The van der Waals surface area contributed by atoms with E-state index in [1.165, 1.54) is 17.0 Å². The van der Waals surface area contributed by atoms with Gasteiger partial charge in [0.2, 0.25) is 17.6 Å². The fourth-order valence-corrected chi connectivity index (χ4v) is 5.91. The van der Waals surface area contributed by atoms with Gasteiger partial charge in [-0.1, -0.05) is 0 Å². The molecule has 1 aromatic carbocycles. The number of H-pyrrole nitrogens is 1. The van der Waals surface area contributed by atoms with Gasteiger partial charge < -0.3 is 25.8 Å². The summed E-state index contributed by atoms with van der Waals surface area (Å²) in [5.74, 6) is -3.53. The molecule has 4 aliphatic rings. The van der Waals surface area contributed by atoms with E-state index in [4.69, 9.17) is 0 Å². The van der Waals surface area contributed by atoms with Gasteiger partial charge in [0.25, 0.3) is 11.8 Å². The van der Waals surface area contributed by atoms with Gasteiger partial charge in [0.05, 0.1) is 6.04 Å². The summed E-state index contributed by atoms with van der Waals surface area (Å²) in [5.41, 5.74) is 0.856. The van der Waals surface area contributed by atoms with Crippen LogP contribution < -0.4 is 16.0 Å². The highest BCUT2D eigenvalue weighted by atomic mass is 19.1. The monoisotopic (exact) mass is 537 g/mol. The average Bonchev–Trinajstić information content (AvgIpc) is 3.80. The number of carbonyl (C=O) groups excluding carboxylic acids is 5. The largest absolute Gasteiger partial charge is 0.356 e. The zero-order chi connectivity index (χ0) is 27.3. The van der Waals surface area contributed by atoms with Crippen molar-refractivity contribution in [2.75, 3.05) is 13.1 Å². The topological polar surface area (TPSA) is 140 Å². The summed E-state index contributed by atoms with van der Waals surface area (Å²) in [6, 6.07) is 3.74. The van der Waals surface area contributed by atoms with Gasteiger partial charge in [-0.2, -0.15) is 0 Å². The minimum atomic E-state index is -1.17. The number of aromatic amines is 1. The van der Waals surface area contributed by atoms with E-state index >= 15 is 0 Å². The SMILES string of the molecule is O=C(NC1CC1)C(=O)[C@H](C[C@@H]1CCNC1=O)NC(=O)[C@@H]1CC2(CCN1C(=O)c1cc3cc(F)ccc3[nH]1)CC2. The van der Waals surface area contributed by atoms with E-state index in [1.807, 2.05) is 0 Å². The number of nitrogens with one attached hydrogen (secondary N) is 4. The number of likely N-dealkylation sites (tertiary alicyclic amines) is 1. The van der Waals surface area contributed by atoms with E-state index in [-0.39, 0.29) is 35.4 Å². The van der Waals surface area contributed by atoms with Crippen molar-refractivity contribution in [2.24, 2.45) is 11.3 Å². The molecule has 4 N–H and O–H groups in total. The van der Waals surface area contributed by atoms with Gasteiger partial charge in [0.15, 0.2) is 0 Å². The third-order valence-corrected chi connectivity index (χ3v) is 8.67. The number of amides is 4. The van der Waals surface area contributed by atoms with Crippen LogP contribution >= 0.6 is 0 Å². The molecule has 10 nitrogen and oxygen atoms in total. The summed E-state index contributed by atoms with van der Waals surface area (Å²) in [5, 5.41) is 8.72. The summed E-state index contributed by atoms with van der Waals surface area (Å²) < 4.78 is 13.7. The van der Waals surface area contributed by atoms with E-state index in [2.05, 4.69) is 20.9 Å². The van der Waals surface area contributed by atoms with Crippen LogP contribution in [-0.4, -0.2) is 70.5 Å². The Morgan fingerprint density at radius 3 is 2.59 bits per heavy atom. The van der Waals surface area contributed by atoms with Gasteiger partial charge in [-0.3, -0.25) is 24.0 Å². The molecule has 39 heavy (non-hydrogen) atoms. The van der Waals surface area contributed by atoms with Gasteiger partial charge in [-0.15, -0.1) is 0 Å². The highest BCUT2D eigenvalue weighted by Gasteiger charge is 2.51. The Morgan fingerprint density at radius 2 is 1.90 bits per heavy atom. The molecule has 2 aliphatic heterocycles. The first-order valence-electron chi connectivity index (χ1n) is 13.7. The Hall–Kier alpha value is -3.76. The minimum Gasteiger partial charge on any atom is -0.356 e. The highest BCUT2D eigenvalue weighted by Crippen LogP contribution is 2.55. The molecule has 1 aromatic heterocycles. The number of nitrogens with zero attached hydrogens (tertiary/aromatic N) is 1. The Bertz CT molecular complexity index is 1360. The summed E-state index contributed by atoms with van der Waals surface area (Å²) in [6.07, 6.45) is 5.32. The predicted octanol–water partition coefficient (Wildman–Crippen LogP) is 1.55. The summed E-state index contributed by atoms with van der Waals surface area (Å²) >= 11 is 0. The Kier molecular flexibility index (Phi) is 6.39. The number of halogens is 1. The van der Waals surface area contributed by atoms with E-state index in [0.717, 1.165) is 32.1 Å². The number of hydrogen-bond acceptors (Lipinski definition) is 5. The van der Waals surface area contributed by atoms with Gasteiger partial charge in [-0.05, 0) is 81.0 Å². The lowest BCUT2D eigenvalue weighted by atomic mass is 9.86. The van der Waals surface area contributed by atoms with Crippen LogP contribution in [0.25, 0.3) is 10.9 Å². The summed E-state index contributed by atoms with van der Waals surface area (Å²) in [6.45, 7) is 0.848. The first-order chi connectivity index (χ1) is 18.7. The normalized spacial score (nSPS) is 24.3. The maximum Gasteiger partial charge on any atom is 0.289 e. The Morgan fingerprint density at radius 1 is 1.10 bits per heavy atom. The predicted molar refractivity (Wildman–Crippen MR) is 138 cm³/mol. The molecule has 3 heterocycles. The van der Waals surface area contributed by atoms with Crippen LogP contribution in [0.3, 0.4) is 0 Å². The van der Waals surface area contributed by atoms with Crippen molar-refractivity contribution in [3.05, 3.63) is 35.8 Å². The lowest BCUT2D eigenvalue weighted by Gasteiger charge is -2.39. The fraction of sp³-hybridized carbons (Fsp3) is 0.536. The van der Waals surface area contributed by atoms with Crippen molar-refractivity contribution >= 4 is 40.3 Å². The van der Waals surface area contributed by atoms with Gasteiger partial charge in [0.1, 0.15) is 17.6 Å². The van der Waals surface area contributed by atoms with Crippen molar-refractivity contribution in [2.45, 2.75) is 69.5 Å². The van der Waals surface area contributed by atoms with E-state index < -0.39 is 41.4 Å². The molecule has 11 heteroatoms. The molecule has 6 rings (SSSR count). The van der Waals surface area contributed by atoms with Crippen molar-refractivity contribution in [3.63, 3.8) is 0 Å². The van der Waals surface area contributed by atoms with Crippen LogP contribution in [0.1, 0.15) is 61.9 Å². The summed E-state index contributed by atoms with van der Waals surface area (Å²) in [4.78, 5) is 69.9. The molecule has 2 aliphatic carbocycles. The molecule has 206 valence electrons. The van der Waals surface area contributed by atoms with Gasteiger partial charge in [-0.25, -0.2) is 4.39 Å². The zero-order valence-corrected chi connectivity index (χ0v) is 21.6. The van der Waals surface area contributed by atoms with Gasteiger partial charge >= 0.3 is 0 Å². The fourth-order valence-electron chi connectivity index (χ4n) is 5.91. The number of rotatable bonds is 8. The number of aromatic nitrogens is 1. The molecule has 3 atom stereocenters. The molecule has 4 fully saturated rings. The van der Waals surface area contributed by atoms with Crippen LogP contribution in [0.2, 0.25) is 0 Å². The Labute approximate surface area is 224 Å². The van der Waals surface area contributed by atoms with E-state index in [0.29, 0.717) is 36.8 Å². The molecular formula is C28H32FN5O5. The van der Waals surface area contributed by atoms with Crippen molar-refractivity contribution in [3.8, 4) is 0 Å². The average molecular weight is 538 g/mol. The Balaban J connectivity index is 1.23. The van der Waals surface area contributed by atoms with Crippen molar-refractivity contribution in [1.82, 2.24) is 25.8 Å². The third-order valence-electron chi connectivity index (χ3n) is 8.67. The first-order valence-corrected chi connectivity index (χ1v) is 13.7. The second kappa shape index (κ2) is 9.77. The van der Waals surface area contributed by atoms with E-state index in [9.17, 15) is 28.4 Å². The molecule has 2 aromatic rings. The number of hydrogen-bond donors (Lipinski definition) is 4. The van der Waals surface area contributed by atoms with Crippen LogP contribution in [0.4, 0.5) is 4.39 Å². The highest BCUT2D eigenvalue weighted by molar-refractivity contribution is 6.38. The van der Waals surface area contributed by atoms with Crippen LogP contribution in [0.5, 0.6) is 0 Å². The molecule has 2 saturated carbocycles. The minimum absolute atomic E-state index is 0.00342.